The zero-order valence-electron chi connectivity index (χ0n) is 10.7. The molecule has 0 spiro atoms. The zero-order chi connectivity index (χ0) is 14.1. The van der Waals surface area contributed by atoms with Crippen LogP contribution in [0, 0.1) is 5.82 Å². The Hall–Kier alpha value is -1.46. The van der Waals surface area contributed by atoms with Crippen molar-refractivity contribution >= 4 is 11.6 Å². The SMILES string of the molecule is NNC(c1ccc2c(c1)COC2)c1cc(F)ccc1Cl. The second kappa shape index (κ2) is 5.50. The number of hydrazine groups is 1. The van der Waals surface area contributed by atoms with Gasteiger partial charge in [0.1, 0.15) is 5.82 Å². The summed E-state index contributed by atoms with van der Waals surface area (Å²) in [6.45, 7) is 1.23. The molecule has 0 amide bonds. The highest BCUT2D eigenvalue weighted by atomic mass is 35.5. The van der Waals surface area contributed by atoms with E-state index in [9.17, 15) is 4.39 Å². The third-order valence-electron chi connectivity index (χ3n) is 3.51. The van der Waals surface area contributed by atoms with Crippen LogP contribution in [0.3, 0.4) is 0 Å². The van der Waals surface area contributed by atoms with Gasteiger partial charge < -0.3 is 4.74 Å². The molecule has 0 aliphatic carbocycles. The summed E-state index contributed by atoms with van der Waals surface area (Å²) in [5, 5.41) is 0.478. The fraction of sp³-hybridized carbons (Fsp3) is 0.200. The minimum atomic E-state index is -0.357. The van der Waals surface area contributed by atoms with Crippen molar-refractivity contribution in [2.75, 3.05) is 0 Å². The van der Waals surface area contributed by atoms with Gasteiger partial charge in [0.05, 0.1) is 19.3 Å². The van der Waals surface area contributed by atoms with E-state index < -0.39 is 0 Å². The van der Waals surface area contributed by atoms with E-state index in [-0.39, 0.29) is 11.9 Å². The summed E-state index contributed by atoms with van der Waals surface area (Å²) in [6, 6.07) is 9.89. The molecule has 0 saturated carbocycles. The maximum Gasteiger partial charge on any atom is 0.123 e. The quantitative estimate of drug-likeness (QED) is 0.675. The monoisotopic (exact) mass is 292 g/mol. The smallest absolute Gasteiger partial charge is 0.123 e. The first-order valence-electron chi connectivity index (χ1n) is 6.29. The Balaban J connectivity index is 2.03. The van der Waals surface area contributed by atoms with E-state index in [0.717, 1.165) is 11.1 Å². The molecular formula is C15H14ClFN2O. The molecule has 0 radical (unpaired) electrons. The van der Waals surface area contributed by atoms with E-state index in [2.05, 4.69) is 5.43 Å². The summed E-state index contributed by atoms with van der Waals surface area (Å²) >= 11 is 6.15. The lowest BCUT2D eigenvalue weighted by molar-refractivity contribution is 0.134. The van der Waals surface area contributed by atoms with Crippen molar-refractivity contribution in [2.24, 2.45) is 5.84 Å². The molecule has 1 aliphatic heterocycles. The molecule has 0 saturated heterocycles. The summed E-state index contributed by atoms with van der Waals surface area (Å²) in [5.41, 5.74) is 6.57. The van der Waals surface area contributed by atoms with Gasteiger partial charge in [-0.1, -0.05) is 29.8 Å². The normalized spacial score (nSPS) is 15.2. The molecule has 2 aromatic rings. The summed E-state index contributed by atoms with van der Waals surface area (Å²) in [6.07, 6.45) is 0. The lowest BCUT2D eigenvalue weighted by Crippen LogP contribution is -2.29. The number of hydrogen-bond donors (Lipinski definition) is 2. The standard InChI is InChI=1S/C15H14ClFN2O/c16-14-4-3-12(17)6-13(14)15(19-18)9-1-2-10-7-20-8-11(10)5-9/h1-6,15,19H,7-8,18H2. The number of ether oxygens (including phenoxy) is 1. The highest BCUT2D eigenvalue weighted by Crippen LogP contribution is 2.31. The van der Waals surface area contributed by atoms with E-state index in [1.165, 1.54) is 23.8 Å². The number of nitrogens with two attached hydrogens (primary N) is 1. The van der Waals surface area contributed by atoms with Crippen LogP contribution in [0.5, 0.6) is 0 Å². The van der Waals surface area contributed by atoms with E-state index in [0.29, 0.717) is 23.8 Å². The Bertz CT molecular complexity index is 648. The second-order valence-corrected chi connectivity index (χ2v) is 5.19. The van der Waals surface area contributed by atoms with Gasteiger partial charge in [0, 0.05) is 5.02 Å². The van der Waals surface area contributed by atoms with Crippen molar-refractivity contribution in [3.05, 3.63) is 69.5 Å². The first kappa shape index (κ1) is 13.5. The predicted octanol–water partition coefficient (Wildman–Crippen LogP) is 3.06. The van der Waals surface area contributed by atoms with Gasteiger partial charge in [0.25, 0.3) is 0 Å². The molecule has 1 heterocycles. The van der Waals surface area contributed by atoms with Crippen LogP contribution in [-0.4, -0.2) is 0 Å². The molecule has 20 heavy (non-hydrogen) atoms. The Morgan fingerprint density at radius 3 is 2.75 bits per heavy atom. The van der Waals surface area contributed by atoms with Gasteiger partial charge in [0.15, 0.2) is 0 Å². The summed E-state index contributed by atoms with van der Waals surface area (Å²) in [5.74, 6) is 5.30. The van der Waals surface area contributed by atoms with Crippen molar-refractivity contribution in [3.63, 3.8) is 0 Å². The fourth-order valence-electron chi connectivity index (χ4n) is 2.47. The number of nitrogens with one attached hydrogen (secondary N) is 1. The van der Waals surface area contributed by atoms with Crippen LogP contribution in [0.25, 0.3) is 0 Å². The van der Waals surface area contributed by atoms with E-state index in [1.807, 2.05) is 18.2 Å². The average molecular weight is 293 g/mol. The Kier molecular flexibility index (Phi) is 3.72. The molecule has 0 aromatic heterocycles. The Morgan fingerprint density at radius 2 is 1.95 bits per heavy atom. The maximum absolute atomic E-state index is 13.4. The molecule has 104 valence electrons. The lowest BCUT2D eigenvalue weighted by atomic mass is 9.96. The average Bonchev–Trinajstić information content (AvgIpc) is 2.91. The van der Waals surface area contributed by atoms with Crippen LogP contribution in [0.4, 0.5) is 4.39 Å². The number of benzene rings is 2. The highest BCUT2D eigenvalue weighted by Gasteiger charge is 2.19. The summed E-state index contributed by atoms with van der Waals surface area (Å²) in [7, 11) is 0. The Morgan fingerprint density at radius 1 is 1.15 bits per heavy atom. The molecule has 0 bridgehead atoms. The van der Waals surface area contributed by atoms with Crippen molar-refractivity contribution < 1.29 is 9.13 Å². The molecule has 1 atom stereocenters. The van der Waals surface area contributed by atoms with Gasteiger partial charge in [0.2, 0.25) is 0 Å². The molecule has 0 fully saturated rings. The first-order valence-corrected chi connectivity index (χ1v) is 6.67. The van der Waals surface area contributed by atoms with Gasteiger partial charge in [-0.3, -0.25) is 5.84 Å². The van der Waals surface area contributed by atoms with E-state index in [1.54, 1.807) is 0 Å². The number of fused-ring (bicyclic) bond motifs is 1. The largest absolute Gasteiger partial charge is 0.372 e. The van der Waals surface area contributed by atoms with E-state index >= 15 is 0 Å². The van der Waals surface area contributed by atoms with Gasteiger partial charge >= 0.3 is 0 Å². The minimum absolute atomic E-state index is 0.339. The van der Waals surface area contributed by atoms with Crippen molar-refractivity contribution in [1.29, 1.82) is 0 Å². The van der Waals surface area contributed by atoms with Crippen LogP contribution >= 0.6 is 11.6 Å². The Labute approximate surface area is 121 Å². The molecule has 2 aromatic carbocycles. The van der Waals surface area contributed by atoms with Crippen molar-refractivity contribution in [3.8, 4) is 0 Å². The molecule has 3 rings (SSSR count). The van der Waals surface area contributed by atoms with Crippen LogP contribution in [0.1, 0.15) is 28.3 Å². The minimum Gasteiger partial charge on any atom is -0.372 e. The summed E-state index contributed by atoms with van der Waals surface area (Å²) < 4.78 is 18.8. The van der Waals surface area contributed by atoms with Crippen LogP contribution < -0.4 is 11.3 Å². The fourth-order valence-corrected chi connectivity index (χ4v) is 2.70. The molecular weight excluding hydrogens is 279 g/mol. The number of rotatable bonds is 3. The van der Waals surface area contributed by atoms with Gasteiger partial charge in [-0.15, -0.1) is 0 Å². The molecule has 3 N–H and O–H groups in total. The molecule has 5 heteroatoms. The molecule has 1 unspecified atom stereocenters. The second-order valence-electron chi connectivity index (χ2n) is 4.79. The van der Waals surface area contributed by atoms with Crippen molar-refractivity contribution in [2.45, 2.75) is 19.3 Å². The molecule has 1 aliphatic rings. The maximum atomic E-state index is 13.4. The van der Waals surface area contributed by atoms with Crippen LogP contribution in [0.2, 0.25) is 5.02 Å². The van der Waals surface area contributed by atoms with E-state index in [4.69, 9.17) is 22.2 Å². The highest BCUT2D eigenvalue weighted by molar-refractivity contribution is 6.31. The van der Waals surface area contributed by atoms with Crippen LogP contribution in [-0.2, 0) is 18.0 Å². The van der Waals surface area contributed by atoms with Gasteiger partial charge in [-0.25, -0.2) is 9.82 Å². The van der Waals surface area contributed by atoms with Crippen molar-refractivity contribution in [1.82, 2.24) is 5.43 Å². The molecule has 3 nitrogen and oxygen atoms in total. The van der Waals surface area contributed by atoms with Gasteiger partial charge in [-0.05, 0) is 40.5 Å². The topological polar surface area (TPSA) is 47.3 Å². The zero-order valence-corrected chi connectivity index (χ0v) is 11.5. The predicted molar refractivity (Wildman–Crippen MR) is 75.5 cm³/mol. The first-order chi connectivity index (χ1) is 9.69. The lowest BCUT2D eigenvalue weighted by Gasteiger charge is -2.19. The van der Waals surface area contributed by atoms with Crippen LogP contribution in [0.15, 0.2) is 36.4 Å². The van der Waals surface area contributed by atoms with Gasteiger partial charge in [-0.2, -0.15) is 0 Å². The number of halogens is 2. The third kappa shape index (κ3) is 2.43. The summed E-state index contributed by atoms with van der Waals surface area (Å²) in [4.78, 5) is 0. The number of hydrogen-bond acceptors (Lipinski definition) is 3. The third-order valence-corrected chi connectivity index (χ3v) is 3.86.